The number of nitrogens with two attached hydrogens (primary N) is 1. The lowest BCUT2D eigenvalue weighted by molar-refractivity contribution is 0.0683. The van der Waals surface area contributed by atoms with Crippen LogP contribution in [0.1, 0.15) is 70.2 Å². The summed E-state index contributed by atoms with van der Waals surface area (Å²) in [7, 11) is 0. The van der Waals surface area contributed by atoms with Crippen LogP contribution in [-0.4, -0.2) is 16.7 Å². The van der Waals surface area contributed by atoms with Gasteiger partial charge in [-0.2, -0.15) is 4.98 Å². The second-order valence-corrected chi connectivity index (χ2v) is 5.13. The minimum Gasteiger partial charge on any atom is -0.371 e. The van der Waals surface area contributed by atoms with E-state index in [0.717, 1.165) is 25.7 Å². The fourth-order valence-corrected chi connectivity index (χ4v) is 2.50. The molecule has 1 aromatic rings. The molecular formula is C13H23N3O2. The van der Waals surface area contributed by atoms with Crippen molar-refractivity contribution in [2.24, 2.45) is 5.73 Å². The molecule has 0 bridgehead atoms. The molecule has 1 aliphatic rings. The normalized spacial score (nSPS) is 21.5. The van der Waals surface area contributed by atoms with Crippen molar-refractivity contribution in [3.63, 3.8) is 0 Å². The van der Waals surface area contributed by atoms with Crippen molar-refractivity contribution < 1.29 is 9.26 Å². The van der Waals surface area contributed by atoms with Crippen molar-refractivity contribution >= 4 is 0 Å². The fraction of sp³-hybridized carbons (Fsp3) is 0.846. The Hall–Kier alpha value is -0.940. The van der Waals surface area contributed by atoms with Gasteiger partial charge < -0.3 is 15.0 Å². The van der Waals surface area contributed by atoms with Crippen LogP contribution in [0.15, 0.2) is 4.52 Å². The van der Waals surface area contributed by atoms with Crippen LogP contribution in [0.5, 0.6) is 0 Å². The zero-order valence-corrected chi connectivity index (χ0v) is 11.3. The minimum absolute atomic E-state index is 0.137. The zero-order valence-electron chi connectivity index (χ0n) is 11.3. The lowest BCUT2D eigenvalue weighted by atomic mass is 9.91. The van der Waals surface area contributed by atoms with Crippen molar-refractivity contribution in [2.75, 3.05) is 6.61 Å². The van der Waals surface area contributed by atoms with Gasteiger partial charge in [-0.05, 0) is 26.7 Å². The largest absolute Gasteiger partial charge is 0.371 e. The average molecular weight is 253 g/mol. The molecule has 1 fully saturated rings. The van der Waals surface area contributed by atoms with Gasteiger partial charge in [-0.3, -0.25) is 0 Å². The number of hydrogen-bond acceptors (Lipinski definition) is 5. The third kappa shape index (κ3) is 2.90. The first-order valence-electron chi connectivity index (χ1n) is 6.90. The second kappa shape index (κ2) is 5.80. The maximum atomic E-state index is 6.43. The highest BCUT2D eigenvalue weighted by molar-refractivity contribution is 5.04. The Kier molecular flexibility index (Phi) is 4.35. The number of nitrogens with zero attached hydrogens (tertiary/aromatic N) is 2. The summed E-state index contributed by atoms with van der Waals surface area (Å²) < 4.78 is 10.8. The summed E-state index contributed by atoms with van der Waals surface area (Å²) in [5.41, 5.74) is 5.99. The molecule has 102 valence electrons. The van der Waals surface area contributed by atoms with E-state index in [1.807, 2.05) is 13.8 Å². The monoisotopic (exact) mass is 253 g/mol. The van der Waals surface area contributed by atoms with Gasteiger partial charge in [0.1, 0.15) is 6.10 Å². The van der Waals surface area contributed by atoms with Crippen LogP contribution in [0, 0.1) is 0 Å². The van der Waals surface area contributed by atoms with E-state index in [1.165, 1.54) is 12.8 Å². The van der Waals surface area contributed by atoms with Crippen LogP contribution in [0.2, 0.25) is 0 Å². The number of rotatable bonds is 4. The first-order chi connectivity index (χ1) is 8.65. The quantitative estimate of drug-likeness (QED) is 0.835. The van der Waals surface area contributed by atoms with Gasteiger partial charge in [0.15, 0.2) is 5.82 Å². The molecule has 1 unspecified atom stereocenters. The Labute approximate surface area is 108 Å². The Morgan fingerprint density at radius 2 is 2.00 bits per heavy atom. The lowest BCUT2D eigenvalue weighted by Gasteiger charge is -2.22. The van der Waals surface area contributed by atoms with Crippen LogP contribution in [-0.2, 0) is 10.3 Å². The van der Waals surface area contributed by atoms with E-state index in [1.54, 1.807) is 0 Å². The van der Waals surface area contributed by atoms with E-state index < -0.39 is 5.54 Å². The van der Waals surface area contributed by atoms with Crippen molar-refractivity contribution in [3.8, 4) is 0 Å². The van der Waals surface area contributed by atoms with E-state index in [4.69, 9.17) is 15.0 Å². The molecule has 0 spiro atoms. The lowest BCUT2D eigenvalue weighted by Crippen LogP contribution is -2.36. The fourth-order valence-electron chi connectivity index (χ4n) is 2.50. The zero-order chi connectivity index (χ0) is 13.0. The van der Waals surface area contributed by atoms with E-state index >= 15 is 0 Å². The minimum atomic E-state index is -0.437. The van der Waals surface area contributed by atoms with Gasteiger partial charge in [-0.15, -0.1) is 0 Å². The second-order valence-electron chi connectivity index (χ2n) is 5.13. The average Bonchev–Trinajstić information content (AvgIpc) is 2.75. The molecular weight excluding hydrogens is 230 g/mol. The molecule has 0 amide bonds. The molecule has 1 aliphatic carbocycles. The van der Waals surface area contributed by atoms with Gasteiger partial charge in [0.2, 0.25) is 5.89 Å². The number of hydrogen-bond donors (Lipinski definition) is 1. The maximum Gasteiger partial charge on any atom is 0.246 e. The van der Waals surface area contributed by atoms with Crippen molar-refractivity contribution in [3.05, 3.63) is 11.7 Å². The topological polar surface area (TPSA) is 74.2 Å². The summed E-state index contributed by atoms with van der Waals surface area (Å²) in [6.45, 7) is 4.51. The standard InChI is InChI=1S/C13H23N3O2/c1-3-17-10(2)11-15-12(18-16-11)13(14)8-6-4-5-7-9-13/h10H,3-9,14H2,1-2H3. The molecule has 0 aromatic carbocycles. The molecule has 2 rings (SSSR count). The first kappa shape index (κ1) is 13.5. The summed E-state index contributed by atoms with van der Waals surface area (Å²) in [5.74, 6) is 1.17. The molecule has 1 aromatic heterocycles. The van der Waals surface area contributed by atoms with Crippen molar-refractivity contribution in [1.82, 2.24) is 10.1 Å². The highest BCUT2D eigenvalue weighted by Crippen LogP contribution is 2.33. The predicted molar refractivity (Wildman–Crippen MR) is 67.9 cm³/mol. The SMILES string of the molecule is CCOC(C)c1noc(C2(N)CCCCCC2)n1. The summed E-state index contributed by atoms with van der Waals surface area (Å²) in [5, 5.41) is 3.99. The molecule has 18 heavy (non-hydrogen) atoms. The van der Waals surface area contributed by atoms with Gasteiger partial charge in [-0.1, -0.05) is 30.8 Å². The number of aromatic nitrogens is 2. The highest BCUT2D eigenvalue weighted by Gasteiger charge is 2.34. The van der Waals surface area contributed by atoms with E-state index in [-0.39, 0.29) is 6.10 Å². The summed E-state index contributed by atoms with van der Waals surface area (Å²) >= 11 is 0. The third-order valence-electron chi connectivity index (χ3n) is 3.64. The van der Waals surface area contributed by atoms with Gasteiger partial charge >= 0.3 is 0 Å². The smallest absolute Gasteiger partial charge is 0.246 e. The maximum absolute atomic E-state index is 6.43. The van der Waals surface area contributed by atoms with Gasteiger partial charge in [0.25, 0.3) is 0 Å². The molecule has 2 N–H and O–H groups in total. The highest BCUT2D eigenvalue weighted by atomic mass is 16.5. The van der Waals surface area contributed by atoms with E-state index in [9.17, 15) is 0 Å². The molecule has 5 nitrogen and oxygen atoms in total. The first-order valence-corrected chi connectivity index (χ1v) is 6.90. The van der Waals surface area contributed by atoms with Crippen LogP contribution in [0.3, 0.4) is 0 Å². The van der Waals surface area contributed by atoms with Crippen LogP contribution in [0.4, 0.5) is 0 Å². The van der Waals surface area contributed by atoms with E-state index in [2.05, 4.69) is 10.1 Å². The van der Waals surface area contributed by atoms with Gasteiger partial charge in [-0.25, -0.2) is 0 Å². The third-order valence-corrected chi connectivity index (χ3v) is 3.64. The molecule has 1 saturated carbocycles. The summed E-state index contributed by atoms with van der Waals surface area (Å²) in [6.07, 6.45) is 6.48. The Morgan fingerprint density at radius 3 is 2.61 bits per heavy atom. The van der Waals surface area contributed by atoms with Gasteiger partial charge in [0.05, 0.1) is 5.54 Å². The predicted octanol–water partition coefficient (Wildman–Crippen LogP) is 2.68. The van der Waals surface area contributed by atoms with Gasteiger partial charge in [0, 0.05) is 6.61 Å². The van der Waals surface area contributed by atoms with Crippen LogP contribution in [0.25, 0.3) is 0 Å². The van der Waals surface area contributed by atoms with Crippen molar-refractivity contribution in [2.45, 2.75) is 64.0 Å². The molecule has 5 heteroatoms. The van der Waals surface area contributed by atoms with Crippen molar-refractivity contribution in [1.29, 1.82) is 0 Å². The summed E-state index contributed by atoms with van der Waals surface area (Å²) in [6, 6.07) is 0. The Morgan fingerprint density at radius 1 is 1.33 bits per heavy atom. The van der Waals surface area contributed by atoms with Crippen LogP contribution >= 0.6 is 0 Å². The number of ether oxygens (including phenoxy) is 1. The van der Waals surface area contributed by atoms with Crippen LogP contribution < -0.4 is 5.73 Å². The summed E-state index contributed by atoms with van der Waals surface area (Å²) in [4.78, 5) is 4.44. The molecule has 0 aliphatic heterocycles. The van der Waals surface area contributed by atoms with E-state index in [0.29, 0.717) is 18.3 Å². The Bertz CT molecular complexity index is 370. The molecule has 0 radical (unpaired) electrons. The molecule has 0 saturated heterocycles. The Balaban J connectivity index is 2.12. The molecule has 1 atom stereocenters. The molecule has 1 heterocycles.